The second-order valence-electron chi connectivity index (χ2n) is 3.08. The molecule has 1 heteroatoms. The second kappa shape index (κ2) is 3.53. The average Bonchev–Trinajstić information content (AvgIpc) is 2.21. The molecule has 0 unspecified atom stereocenters. The summed E-state index contributed by atoms with van der Waals surface area (Å²) in [7, 11) is 0. The van der Waals surface area contributed by atoms with Crippen molar-refractivity contribution in [2.45, 2.75) is 25.7 Å². The van der Waals surface area contributed by atoms with Crippen molar-refractivity contribution in [3.8, 4) is 0 Å². The van der Waals surface area contributed by atoms with E-state index in [4.69, 9.17) is 0 Å². The normalized spacial score (nSPS) is 17.2. The predicted molar refractivity (Wildman–Crippen MR) is 49.4 cm³/mol. The summed E-state index contributed by atoms with van der Waals surface area (Å²) in [5, 5.41) is 0. The van der Waals surface area contributed by atoms with Gasteiger partial charge >= 0.3 is 0 Å². The van der Waals surface area contributed by atoms with Gasteiger partial charge in [0.1, 0.15) is 0 Å². The van der Waals surface area contributed by atoms with E-state index >= 15 is 0 Å². The van der Waals surface area contributed by atoms with Gasteiger partial charge in [0.2, 0.25) is 0 Å². The minimum absolute atomic E-state index is 1.10. The fraction of sp³-hybridized carbons (Fsp3) is 0.364. The molecule has 1 aromatic heterocycles. The van der Waals surface area contributed by atoms with Crippen molar-refractivity contribution in [3.05, 3.63) is 36.2 Å². The SMILES string of the molecule is [C-]1=C(c2ccccn2)CCCC1. The van der Waals surface area contributed by atoms with Crippen LogP contribution in [0.5, 0.6) is 0 Å². The third-order valence-corrected chi connectivity index (χ3v) is 2.17. The lowest BCUT2D eigenvalue weighted by molar-refractivity contribution is 0.728. The molecule has 1 nitrogen and oxygen atoms in total. The Morgan fingerprint density at radius 2 is 2.25 bits per heavy atom. The van der Waals surface area contributed by atoms with Crippen LogP contribution in [0.2, 0.25) is 0 Å². The van der Waals surface area contributed by atoms with Crippen molar-refractivity contribution in [3.63, 3.8) is 0 Å². The number of nitrogens with zero attached hydrogens (tertiary/aromatic N) is 1. The summed E-state index contributed by atoms with van der Waals surface area (Å²) in [4.78, 5) is 4.30. The van der Waals surface area contributed by atoms with Crippen LogP contribution >= 0.6 is 0 Å². The van der Waals surface area contributed by atoms with Crippen molar-refractivity contribution >= 4 is 5.57 Å². The van der Waals surface area contributed by atoms with Gasteiger partial charge in [-0.25, -0.2) is 0 Å². The molecule has 0 radical (unpaired) electrons. The van der Waals surface area contributed by atoms with Crippen LogP contribution in [0, 0.1) is 6.08 Å². The van der Waals surface area contributed by atoms with Crippen LogP contribution < -0.4 is 0 Å². The first-order chi connectivity index (χ1) is 5.97. The van der Waals surface area contributed by atoms with E-state index in [1.807, 2.05) is 18.3 Å². The Balaban J connectivity index is 2.24. The van der Waals surface area contributed by atoms with Crippen molar-refractivity contribution in [1.82, 2.24) is 4.98 Å². The van der Waals surface area contributed by atoms with Crippen molar-refractivity contribution in [2.75, 3.05) is 0 Å². The summed E-state index contributed by atoms with van der Waals surface area (Å²) in [5.74, 6) is 0. The van der Waals surface area contributed by atoms with Crippen LogP contribution in [-0.2, 0) is 0 Å². The van der Waals surface area contributed by atoms with Gasteiger partial charge in [-0.3, -0.25) is 6.08 Å². The molecule has 0 aromatic carbocycles. The van der Waals surface area contributed by atoms with E-state index in [0.717, 1.165) is 18.5 Å². The van der Waals surface area contributed by atoms with E-state index in [2.05, 4.69) is 17.1 Å². The van der Waals surface area contributed by atoms with Crippen molar-refractivity contribution in [2.24, 2.45) is 0 Å². The number of pyridine rings is 1. The first-order valence-electron chi connectivity index (χ1n) is 4.48. The standard InChI is InChI=1S/C11H12N/c1-2-6-10(7-3-1)11-8-4-5-9-12-11/h4-5,8-9H,1-3,6H2/q-1. The fourth-order valence-corrected chi connectivity index (χ4v) is 1.51. The molecule has 0 saturated heterocycles. The molecule has 62 valence electrons. The summed E-state index contributed by atoms with van der Waals surface area (Å²) in [6.07, 6.45) is 10.1. The summed E-state index contributed by atoms with van der Waals surface area (Å²) in [5.41, 5.74) is 2.42. The highest BCUT2D eigenvalue weighted by molar-refractivity contribution is 5.60. The number of aromatic nitrogens is 1. The summed E-state index contributed by atoms with van der Waals surface area (Å²) >= 11 is 0. The maximum atomic E-state index is 4.30. The van der Waals surface area contributed by atoms with E-state index < -0.39 is 0 Å². The zero-order chi connectivity index (χ0) is 8.23. The Hall–Kier alpha value is -1.11. The molecule has 2 rings (SSSR count). The van der Waals surface area contributed by atoms with Gasteiger partial charge in [-0.15, -0.1) is 12.5 Å². The second-order valence-corrected chi connectivity index (χ2v) is 3.08. The number of hydrogen-bond donors (Lipinski definition) is 0. The number of rotatable bonds is 1. The fourth-order valence-electron chi connectivity index (χ4n) is 1.51. The molecule has 1 aliphatic carbocycles. The summed E-state index contributed by atoms with van der Waals surface area (Å²) in [6, 6.07) is 6.05. The first kappa shape index (κ1) is 7.53. The van der Waals surface area contributed by atoms with Crippen LogP contribution in [0.15, 0.2) is 24.4 Å². The third-order valence-electron chi connectivity index (χ3n) is 2.17. The minimum atomic E-state index is 1.10. The van der Waals surface area contributed by atoms with Gasteiger partial charge in [-0.05, 0) is 6.07 Å². The summed E-state index contributed by atoms with van der Waals surface area (Å²) in [6.45, 7) is 0. The summed E-state index contributed by atoms with van der Waals surface area (Å²) < 4.78 is 0. The Kier molecular flexibility index (Phi) is 2.21. The number of hydrogen-bond acceptors (Lipinski definition) is 1. The Morgan fingerprint density at radius 3 is 2.92 bits per heavy atom. The van der Waals surface area contributed by atoms with Crippen molar-refractivity contribution in [1.29, 1.82) is 0 Å². The van der Waals surface area contributed by atoms with Crippen LogP contribution in [0.25, 0.3) is 5.57 Å². The minimum Gasteiger partial charge on any atom is -0.351 e. The highest BCUT2D eigenvalue weighted by Crippen LogP contribution is 2.23. The highest BCUT2D eigenvalue weighted by Gasteiger charge is 1.95. The largest absolute Gasteiger partial charge is 0.351 e. The maximum absolute atomic E-state index is 4.30. The molecule has 1 aliphatic rings. The molecular formula is C11H12N-. The lowest BCUT2D eigenvalue weighted by atomic mass is 9.97. The molecule has 0 amide bonds. The van der Waals surface area contributed by atoms with E-state index in [9.17, 15) is 0 Å². The van der Waals surface area contributed by atoms with E-state index in [1.165, 1.54) is 18.4 Å². The molecule has 0 aliphatic heterocycles. The molecule has 0 saturated carbocycles. The van der Waals surface area contributed by atoms with Crippen LogP contribution in [0.1, 0.15) is 31.4 Å². The Bertz CT molecular complexity index is 274. The molecule has 12 heavy (non-hydrogen) atoms. The lowest BCUT2D eigenvalue weighted by Crippen LogP contribution is -1.93. The molecule has 1 heterocycles. The zero-order valence-corrected chi connectivity index (χ0v) is 7.09. The van der Waals surface area contributed by atoms with E-state index in [0.29, 0.717) is 0 Å². The van der Waals surface area contributed by atoms with Gasteiger partial charge in [0.05, 0.1) is 0 Å². The lowest BCUT2D eigenvalue weighted by Gasteiger charge is -2.21. The molecule has 1 aromatic rings. The molecular weight excluding hydrogens is 146 g/mol. The average molecular weight is 158 g/mol. The molecule has 0 N–H and O–H groups in total. The van der Waals surface area contributed by atoms with E-state index in [-0.39, 0.29) is 0 Å². The quantitative estimate of drug-likeness (QED) is 0.573. The van der Waals surface area contributed by atoms with Crippen LogP contribution in [0.4, 0.5) is 0 Å². The Labute approximate surface area is 73.1 Å². The van der Waals surface area contributed by atoms with Crippen LogP contribution in [-0.4, -0.2) is 4.98 Å². The predicted octanol–water partition coefficient (Wildman–Crippen LogP) is 2.84. The van der Waals surface area contributed by atoms with Gasteiger partial charge < -0.3 is 4.98 Å². The third kappa shape index (κ3) is 1.55. The van der Waals surface area contributed by atoms with Gasteiger partial charge in [0, 0.05) is 6.20 Å². The van der Waals surface area contributed by atoms with Gasteiger partial charge in [0.25, 0.3) is 0 Å². The molecule has 0 bridgehead atoms. The monoisotopic (exact) mass is 158 g/mol. The van der Waals surface area contributed by atoms with E-state index in [1.54, 1.807) is 0 Å². The Morgan fingerprint density at radius 1 is 1.25 bits per heavy atom. The number of allylic oxidation sites excluding steroid dienone is 2. The zero-order valence-electron chi connectivity index (χ0n) is 7.09. The van der Waals surface area contributed by atoms with Gasteiger partial charge in [-0.1, -0.05) is 31.0 Å². The smallest absolute Gasteiger partial charge is 0.00535 e. The van der Waals surface area contributed by atoms with Gasteiger partial charge in [0.15, 0.2) is 0 Å². The molecule has 0 fully saturated rings. The van der Waals surface area contributed by atoms with Crippen molar-refractivity contribution < 1.29 is 0 Å². The highest BCUT2D eigenvalue weighted by atomic mass is 14.7. The molecule has 0 spiro atoms. The molecule has 0 atom stereocenters. The van der Waals surface area contributed by atoms with Crippen LogP contribution in [0.3, 0.4) is 0 Å². The topological polar surface area (TPSA) is 12.9 Å². The maximum Gasteiger partial charge on any atom is 0.00535 e. The first-order valence-corrected chi connectivity index (χ1v) is 4.48. The van der Waals surface area contributed by atoms with Gasteiger partial charge in [-0.2, -0.15) is 5.57 Å².